The number of nitrogens with one attached hydrogen (secondary N) is 1. The number of ether oxygens (including phenoxy) is 1. The van der Waals surface area contributed by atoms with Crippen LogP contribution < -0.4 is 10.1 Å². The first kappa shape index (κ1) is 28.1. The van der Waals surface area contributed by atoms with E-state index in [0.717, 1.165) is 12.0 Å². The van der Waals surface area contributed by atoms with Crippen LogP contribution in [0.15, 0.2) is 66.7 Å². The maximum absolute atomic E-state index is 13.6. The zero-order valence-electron chi connectivity index (χ0n) is 19.6. The van der Waals surface area contributed by atoms with Crippen molar-refractivity contribution in [1.29, 1.82) is 0 Å². The van der Waals surface area contributed by atoms with Gasteiger partial charge in [-0.05, 0) is 47.9 Å². The minimum absolute atomic E-state index is 0.0869. The zero-order chi connectivity index (χ0) is 26.1. The van der Waals surface area contributed by atoms with E-state index in [4.69, 9.17) is 51.1 Å². The summed E-state index contributed by atoms with van der Waals surface area (Å²) in [6.07, 6.45) is 1.08. The number of halogens is 4. The Bertz CT molecular complexity index is 1190. The lowest BCUT2D eigenvalue weighted by atomic mass is 10.0. The van der Waals surface area contributed by atoms with E-state index < -0.39 is 11.9 Å². The van der Waals surface area contributed by atoms with Gasteiger partial charge in [-0.3, -0.25) is 9.59 Å². The summed E-state index contributed by atoms with van der Waals surface area (Å²) in [6.45, 7) is 2.21. The summed E-state index contributed by atoms with van der Waals surface area (Å²) in [7, 11) is 0. The van der Waals surface area contributed by atoms with E-state index in [2.05, 4.69) is 5.32 Å². The fourth-order valence-electron chi connectivity index (χ4n) is 3.57. The molecule has 5 nitrogen and oxygen atoms in total. The average molecular weight is 568 g/mol. The summed E-state index contributed by atoms with van der Waals surface area (Å²) in [6, 6.07) is 18.5. The van der Waals surface area contributed by atoms with Crippen molar-refractivity contribution in [1.82, 2.24) is 10.2 Å². The maximum Gasteiger partial charge on any atom is 0.261 e. The average Bonchev–Trinajstić information content (AvgIpc) is 2.85. The molecule has 3 rings (SSSR count). The molecule has 0 aromatic heterocycles. The summed E-state index contributed by atoms with van der Waals surface area (Å²) in [5, 5.41) is 4.53. The van der Waals surface area contributed by atoms with Gasteiger partial charge < -0.3 is 15.0 Å². The maximum atomic E-state index is 13.6. The van der Waals surface area contributed by atoms with Gasteiger partial charge in [0.1, 0.15) is 11.8 Å². The molecule has 0 saturated heterocycles. The smallest absolute Gasteiger partial charge is 0.261 e. The molecule has 0 aliphatic heterocycles. The van der Waals surface area contributed by atoms with Gasteiger partial charge in [0.25, 0.3) is 5.91 Å². The third kappa shape index (κ3) is 8.04. The van der Waals surface area contributed by atoms with Crippen LogP contribution in [0.3, 0.4) is 0 Å². The number of amides is 2. The Hall–Kier alpha value is -2.44. The lowest BCUT2D eigenvalue weighted by Gasteiger charge is -2.31. The molecule has 0 saturated carbocycles. The van der Waals surface area contributed by atoms with E-state index in [9.17, 15) is 9.59 Å². The van der Waals surface area contributed by atoms with Crippen LogP contribution in [0.1, 0.15) is 24.5 Å². The Morgan fingerprint density at radius 1 is 0.917 bits per heavy atom. The van der Waals surface area contributed by atoms with Crippen LogP contribution in [0, 0.1) is 0 Å². The van der Waals surface area contributed by atoms with Crippen molar-refractivity contribution in [3.63, 3.8) is 0 Å². The number of carbonyl (C=O) groups is 2. The molecule has 1 unspecified atom stereocenters. The van der Waals surface area contributed by atoms with Gasteiger partial charge in [0, 0.05) is 34.6 Å². The highest BCUT2D eigenvalue weighted by Gasteiger charge is 2.31. The monoisotopic (exact) mass is 566 g/mol. The van der Waals surface area contributed by atoms with Gasteiger partial charge in [-0.15, -0.1) is 0 Å². The van der Waals surface area contributed by atoms with Crippen LogP contribution >= 0.6 is 46.4 Å². The number of nitrogens with zero attached hydrogens (tertiary/aromatic N) is 1. The van der Waals surface area contributed by atoms with Crippen molar-refractivity contribution in [2.75, 3.05) is 13.2 Å². The molecule has 2 amide bonds. The first-order chi connectivity index (χ1) is 17.3. The van der Waals surface area contributed by atoms with Crippen molar-refractivity contribution in [3.05, 3.63) is 97.9 Å². The second-order valence-corrected chi connectivity index (χ2v) is 9.80. The molecule has 190 valence electrons. The predicted octanol–water partition coefficient (Wildman–Crippen LogP) is 6.85. The van der Waals surface area contributed by atoms with E-state index in [1.165, 1.54) is 11.0 Å². The molecule has 0 aliphatic rings. The highest BCUT2D eigenvalue weighted by molar-refractivity contribution is 6.35. The number of hydrogen-bond acceptors (Lipinski definition) is 3. The Balaban J connectivity index is 1.93. The fourth-order valence-corrected chi connectivity index (χ4v) is 4.50. The summed E-state index contributed by atoms with van der Waals surface area (Å²) in [4.78, 5) is 28.4. The molecule has 3 aromatic carbocycles. The normalized spacial score (nSPS) is 11.6. The number of rotatable bonds is 11. The van der Waals surface area contributed by atoms with Crippen LogP contribution in [-0.2, 0) is 22.6 Å². The van der Waals surface area contributed by atoms with E-state index >= 15 is 0 Å². The molecular formula is C27H26Cl4N2O3. The lowest BCUT2D eigenvalue weighted by Crippen LogP contribution is -2.51. The van der Waals surface area contributed by atoms with E-state index in [0.29, 0.717) is 39.3 Å². The zero-order valence-corrected chi connectivity index (χ0v) is 22.7. The molecule has 0 spiro atoms. The van der Waals surface area contributed by atoms with Gasteiger partial charge in [-0.2, -0.15) is 0 Å². The molecule has 1 N–H and O–H groups in total. The molecule has 0 bridgehead atoms. The van der Waals surface area contributed by atoms with Gasteiger partial charge in [0.15, 0.2) is 6.61 Å². The minimum Gasteiger partial charge on any atom is -0.482 e. The molecule has 0 fully saturated rings. The Morgan fingerprint density at radius 2 is 1.58 bits per heavy atom. The summed E-state index contributed by atoms with van der Waals surface area (Å²) >= 11 is 24.7. The largest absolute Gasteiger partial charge is 0.482 e. The van der Waals surface area contributed by atoms with Gasteiger partial charge in [0.2, 0.25) is 5.91 Å². The van der Waals surface area contributed by atoms with Crippen molar-refractivity contribution >= 4 is 58.2 Å². The first-order valence-corrected chi connectivity index (χ1v) is 12.9. The van der Waals surface area contributed by atoms with Crippen LogP contribution in [0.4, 0.5) is 0 Å². The summed E-state index contributed by atoms with van der Waals surface area (Å²) < 4.78 is 5.72. The van der Waals surface area contributed by atoms with Gasteiger partial charge >= 0.3 is 0 Å². The van der Waals surface area contributed by atoms with E-state index in [-0.39, 0.29) is 24.1 Å². The topological polar surface area (TPSA) is 58.6 Å². The standard InChI is InChI=1S/C27H26Cl4N2O3/c1-2-12-32-27(35)24(13-18-6-4-3-5-7-18)33(16-19-8-9-20(28)14-22(19)30)26(34)17-36-25-11-10-21(29)15-23(25)31/h3-11,14-15,24H,2,12-13,16-17H2,1H3,(H,32,35). The van der Waals surface area contributed by atoms with Crippen molar-refractivity contribution < 1.29 is 14.3 Å². The molecule has 0 aliphatic carbocycles. The van der Waals surface area contributed by atoms with E-state index in [1.54, 1.807) is 30.3 Å². The molecule has 3 aromatic rings. The number of carbonyl (C=O) groups excluding carboxylic acids is 2. The van der Waals surface area contributed by atoms with Crippen LogP contribution in [0.5, 0.6) is 5.75 Å². The molecule has 9 heteroatoms. The summed E-state index contributed by atoms with van der Waals surface area (Å²) in [5.74, 6) is -0.350. The van der Waals surface area contributed by atoms with Crippen LogP contribution in [0.2, 0.25) is 20.1 Å². The van der Waals surface area contributed by atoms with E-state index in [1.807, 2.05) is 37.3 Å². The Labute approximate surface area is 231 Å². The Kier molecular flexibility index (Phi) is 10.7. The summed E-state index contributed by atoms with van der Waals surface area (Å²) in [5.41, 5.74) is 1.57. The molecule has 0 radical (unpaired) electrons. The SMILES string of the molecule is CCCNC(=O)C(Cc1ccccc1)N(Cc1ccc(Cl)cc1Cl)C(=O)COc1ccc(Cl)cc1Cl. The first-order valence-electron chi connectivity index (χ1n) is 11.4. The number of hydrogen-bond donors (Lipinski definition) is 1. The fraction of sp³-hybridized carbons (Fsp3) is 0.259. The minimum atomic E-state index is -0.803. The third-order valence-corrected chi connectivity index (χ3v) is 6.54. The van der Waals surface area contributed by atoms with Gasteiger partial charge in [-0.1, -0.05) is 89.7 Å². The van der Waals surface area contributed by atoms with Crippen molar-refractivity contribution in [3.8, 4) is 5.75 Å². The lowest BCUT2D eigenvalue weighted by molar-refractivity contribution is -0.142. The highest BCUT2D eigenvalue weighted by Crippen LogP contribution is 2.28. The third-order valence-electron chi connectivity index (χ3n) is 5.42. The molecule has 1 atom stereocenters. The second-order valence-electron chi connectivity index (χ2n) is 8.12. The van der Waals surface area contributed by atoms with Crippen LogP contribution in [0.25, 0.3) is 0 Å². The highest BCUT2D eigenvalue weighted by atomic mass is 35.5. The van der Waals surface area contributed by atoms with Gasteiger partial charge in [-0.25, -0.2) is 0 Å². The molecular weight excluding hydrogens is 542 g/mol. The molecule has 36 heavy (non-hydrogen) atoms. The Morgan fingerprint density at radius 3 is 2.22 bits per heavy atom. The van der Waals surface area contributed by atoms with Crippen LogP contribution in [-0.4, -0.2) is 35.9 Å². The quantitative estimate of drug-likeness (QED) is 0.276. The molecule has 0 heterocycles. The van der Waals surface area contributed by atoms with Crippen molar-refractivity contribution in [2.24, 2.45) is 0 Å². The van der Waals surface area contributed by atoms with Crippen molar-refractivity contribution in [2.45, 2.75) is 32.4 Å². The predicted molar refractivity (Wildman–Crippen MR) is 146 cm³/mol. The number of benzene rings is 3. The second kappa shape index (κ2) is 13.8. The van der Waals surface area contributed by atoms with Gasteiger partial charge in [0.05, 0.1) is 5.02 Å².